The van der Waals surface area contributed by atoms with Gasteiger partial charge in [-0.3, -0.25) is 0 Å². The van der Waals surface area contributed by atoms with Gasteiger partial charge in [0, 0.05) is 20.2 Å². The number of nitrogens with zero attached hydrogens (tertiary/aromatic N) is 2. The maximum atomic E-state index is 13.0. The summed E-state index contributed by atoms with van der Waals surface area (Å²) in [5.74, 6) is -0.262. The van der Waals surface area contributed by atoms with Gasteiger partial charge in [-0.15, -0.1) is 0 Å². The van der Waals surface area contributed by atoms with E-state index in [1.165, 1.54) is 12.1 Å². The van der Waals surface area contributed by atoms with Crippen molar-refractivity contribution in [3.05, 3.63) is 28.8 Å². The first kappa shape index (κ1) is 9.21. The van der Waals surface area contributed by atoms with Crippen LogP contribution in [0.3, 0.4) is 0 Å². The zero-order valence-corrected chi connectivity index (χ0v) is 8.73. The summed E-state index contributed by atoms with van der Waals surface area (Å²) in [6.07, 6.45) is 0. The molecule has 3 nitrogen and oxygen atoms in total. The summed E-state index contributed by atoms with van der Waals surface area (Å²) in [6, 6.07) is 4.55. The van der Waals surface area contributed by atoms with Crippen molar-refractivity contribution in [3.63, 3.8) is 0 Å². The van der Waals surface area contributed by atoms with E-state index >= 15 is 0 Å². The average Bonchev–Trinajstić information content (AvgIpc) is 2.40. The molecule has 1 aromatic carbocycles. The van der Waals surface area contributed by atoms with Gasteiger partial charge in [-0.2, -0.15) is 0 Å². The van der Waals surface area contributed by atoms with Crippen molar-refractivity contribution in [2.75, 3.05) is 19.1 Å². The highest BCUT2D eigenvalue weighted by Crippen LogP contribution is 2.14. The second kappa shape index (κ2) is 3.09. The smallest absolute Gasteiger partial charge is 0.197 e. The van der Waals surface area contributed by atoms with Crippen molar-refractivity contribution in [2.45, 2.75) is 0 Å². The lowest BCUT2D eigenvalue weighted by molar-refractivity contribution is 0.628. The molecule has 1 heterocycles. The Labute approximate surface area is 85.7 Å². The van der Waals surface area contributed by atoms with Crippen LogP contribution in [0.4, 0.5) is 4.39 Å². The zero-order valence-electron chi connectivity index (χ0n) is 7.91. The minimum atomic E-state index is -0.262. The van der Waals surface area contributed by atoms with Crippen LogP contribution in [0, 0.1) is 10.6 Å². The average molecular weight is 211 g/mol. The normalized spacial score (nSPS) is 10.8. The van der Waals surface area contributed by atoms with Crippen LogP contribution < -0.4 is 5.01 Å². The van der Waals surface area contributed by atoms with E-state index in [4.69, 9.17) is 12.2 Å². The van der Waals surface area contributed by atoms with Crippen LogP contribution in [-0.2, 0) is 0 Å². The van der Waals surface area contributed by atoms with Crippen LogP contribution in [0.2, 0.25) is 0 Å². The summed E-state index contributed by atoms with van der Waals surface area (Å²) in [4.78, 5) is 3.01. The lowest BCUT2D eigenvalue weighted by Gasteiger charge is -2.14. The molecule has 0 saturated heterocycles. The van der Waals surface area contributed by atoms with Gasteiger partial charge in [0.2, 0.25) is 0 Å². The predicted molar refractivity (Wildman–Crippen MR) is 57.1 cm³/mol. The zero-order chi connectivity index (χ0) is 10.3. The van der Waals surface area contributed by atoms with Crippen molar-refractivity contribution in [1.29, 1.82) is 0 Å². The van der Waals surface area contributed by atoms with Gasteiger partial charge in [-0.1, -0.05) is 0 Å². The van der Waals surface area contributed by atoms with Crippen molar-refractivity contribution in [3.8, 4) is 0 Å². The highest BCUT2D eigenvalue weighted by molar-refractivity contribution is 7.71. The molecular weight excluding hydrogens is 201 g/mol. The number of hydrogen-bond acceptors (Lipinski definition) is 2. The second-order valence-electron chi connectivity index (χ2n) is 3.25. The molecule has 0 unspecified atom stereocenters. The van der Waals surface area contributed by atoms with E-state index in [1.807, 2.05) is 14.1 Å². The Morgan fingerprint density at radius 2 is 2.14 bits per heavy atom. The SMILES string of the molecule is CN(C)n1c(=S)[nH]c2ccc(F)cc21. The molecule has 0 aliphatic carbocycles. The molecule has 2 rings (SSSR count). The number of fused-ring (bicyclic) bond motifs is 1. The summed E-state index contributed by atoms with van der Waals surface area (Å²) in [5.41, 5.74) is 1.59. The number of H-pyrrole nitrogens is 1. The molecule has 0 aliphatic rings. The third-order valence-corrected chi connectivity index (χ3v) is 2.30. The molecule has 0 saturated carbocycles. The molecule has 0 aliphatic heterocycles. The van der Waals surface area contributed by atoms with Crippen LogP contribution in [0.1, 0.15) is 0 Å². The number of nitrogens with one attached hydrogen (secondary N) is 1. The minimum absolute atomic E-state index is 0.262. The van der Waals surface area contributed by atoms with E-state index in [0.29, 0.717) is 4.77 Å². The monoisotopic (exact) mass is 211 g/mol. The highest BCUT2D eigenvalue weighted by Gasteiger charge is 2.06. The number of halogens is 1. The standard InChI is InChI=1S/C9H10FN3S/c1-12(2)13-8-5-6(10)3-4-7(8)11-9(13)14/h3-5H,1-2H3,(H,11,14). The van der Waals surface area contributed by atoms with Gasteiger partial charge in [0.25, 0.3) is 0 Å². The first-order valence-electron chi connectivity index (χ1n) is 4.17. The van der Waals surface area contributed by atoms with E-state index in [-0.39, 0.29) is 5.82 Å². The van der Waals surface area contributed by atoms with E-state index in [2.05, 4.69) is 4.98 Å². The van der Waals surface area contributed by atoms with Gasteiger partial charge in [0.15, 0.2) is 4.77 Å². The molecule has 1 N–H and O–H groups in total. The highest BCUT2D eigenvalue weighted by atomic mass is 32.1. The topological polar surface area (TPSA) is 24.0 Å². The summed E-state index contributed by atoms with van der Waals surface area (Å²) in [5, 5.41) is 1.81. The molecule has 5 heteroatoms. The van der Waals surface area contributed by atoms with E-state index in [9.17, 15) is 4.39 Å². The van der Waals surface area contributed by atoms with Crippen LogP contribution in [0.5, 0.6) is 0 Å². The number of rotatable bonds is 1. The lowest BCUT2D eigenvalue weighted by atomic mass is 10.3. The first-order chi connectivity index (χ1) is 6.59. The first-order valence-corrected chi connectivity index (χ1v) is 4.58. The summed E-state index contributed by atoms with van der Waals surface area (Å²) in [6.45, 7) is 0. The molecule has 0 amide bonds. The predicted octanol–water partition coefficient (Wildman–Crippen LogP) is 2.04. The molecule has 0 atom stereocenters. The Morgan fingerprint density at radius 1 is 1.43 bits per heavy atom. The number of hydrogen-bond donors (Lipinski definition) is 1. The van der Waals surface area contributed by atoms with Crippen molar-refractivity contribution in [2.24, 2.45) is 0 Å². The van der Waals surface area contributed by atoms with Gasteiger partial charge in [0.05, 0.1) is 11.0 Å². The number of imidazole rings is 1. The number of aromatic nitrogens is 2. The fraction of sp³-hybridized carbons (Fsp3) is 0.222. The molecule has 1 aromatic heterocycles. The molecule has 0 bridgehead atoms. The number of aromatic amines is 1. The Balaban J connectivity index is 2.86. The quantitative estimate of drug-likeness (QED) is 0.730. The van der Waals surface area contributed by atoms with Crippen molar-refractivity contribution >= 4 is 23.3 Å². The van der Waals surface area contributed by atoms with Gasteiger partial charge >= 0.3 is 0 Å². The molecule has 2 aromatic rings. The fourth-order valence-electron chi connectivity index (χ4n) is 1.46. The Kier molecular flexibility index (Phi) is 2.03. The van der Waals surface area contributed by atoms with Crippen LogP contribution >= 0.6 is 12.2 Å². The van der Waals surface area contributed by atoms with E-state index < -0.39 is 0 Å². The molecule has 0 fully saturated rings. The number of benzene rings is 1. The van der Waals surface area contributed by atoms with E-state index in [1.54, 1.807) is 15.8 Å². The van der Waals surface area contributed by atoms with Crippen molar-refractivity contribution < 1.29 is 4.39 Å². The molecular formula is C9H10FN3S. The van der Waals surface area contributed by atoms with Crippen LogP contribution in [0.25, 0.3) is 11.0 Å². The molecule has 0 spiro atoms. The largest absolute Gasteiger partial charge is 0.329 e. The molecule has 14 heavy (non-hydrogen) atoms. The third-order valence-electron chi connectivity index (χ3n) is 2.02. The molecule has 0 radical (unpaired) electrons. The van der Waals surface area contributed by atoms with E-state index in [0.717, 1.165) is 11.0 Å². The maximum Gasteiger partial charge on any atom is 0.197 e. The Bertz CT molecular complexity index is 526. The van der Waals surface area contributed by atoms with Gasteiger partial charge in [0.1, 0.15) is 5.82 Å². The second-order valence-corrected chi connectivity index (χ2v) is 3.64. The third kappa shape index (κ3) is 1.29. The Morgan fingerprint density at radius 3 is 2.79 bits per heavy atom. The molecule has 74 valence electrons. The fourth-order valence-corrected chi connectivity index (χ4v) is 1.83. The summed E-state index contributed by atoms with van der Waals surface area (Å²) < 4.78 is 15.3. The lowest BCUT2D eigenvalue weighted by Crippen LogP contribution is -2.24. The van der Waals surface area contributed by atoms with Gasteiger partial charge in [-0.25, -0.2) is 9.07 Å². The minimum Gasteiger partial charge on any atom is -0.329 e. The summed E-state index contributed by atoms with van der Waals surface area (Å²) >= 11 is 5.12. The van der Waals surface area contributed by atoms with Gasteiger partial charge < -0.3 is 9.99 Å². The van der Waals surface area contributed by atoms with Gasteiger partial charge in [-0.05, 0) is 24.4 Å². The summed E-state index contributed by atoms with van der Waals surface area (Å²) in [7, 11) is 3.71. The maximum absolute atomic E-state index is 13.0. The van der Waals surface area contributed by atoms with Crippen LogP contribution in [-0.4, -0.2) is 23.8 Å². The van der Waals surface area contributed by atoms with Crippen molar-refractivity contribution in [1.82, 2.24) is 9.66 Å². The van der Waals surface area contributed by atoms with Crippen LogP contribution in [0.15, 0.2) is 18.2 Å². The Hall–Kier alpha value is -1.36.